The number of nitrogens with two attached hydrogens (primary N) is 1. The Morgan fingerprint density at radius 3 is 2.03 bits per heavy atom. The van der Waals surface area contributed by atoms with E-state index >= 15 is 0 Å². The highest BCUT2D eigenvalue weighted by Gasteiger charge is 2.30. The van der Waals surface area contributed by atoms with Gasteiger partial charge in [-0.3, -0.25) is 38.4 Å². The molecule has 0 spiro atoms. The Kier molecular flexibility index (Phi) is 14.3. The molecule has 23 nitrogen and oxygen atoms in total. The predicted octanol–water partition coefficient (Wildman–Crippen LogP) is 2.28. The molecule has 5 aromatic rings. The summed E-state index contributed by atoms with van der Waals surface area (Å²) in [5.41, 5.74) is 3.74. The topological polar surface area (TPSA) is 338 Å². The lowest BCUT2D eigenvalue weighted by molar-refractivity contribution is -0.124. The zero-order valence-electron chi connectivity index (χ0n) is 36.7. The molecule has 6 heterocycles. The number of pyridine rings is 1. The van der Waals surface area contributed by atoms with Crippen LogP contribution in [0.15, 0.2) is 68.6 Å². The van der Waals surface area contributed by atoms with E-state index in [-0.39, 0.29) is 74.6 Å². The maximum Gasteiger partial charge on any atom is 0.274 e. The van der Waals surface area contributed by atoms with Crippen molar-refractivity contribution in [2.24, 2.45) is 11.7 Å². The van der Waals surface area contributed by atoms with Crippen molar-refractivity contribution in [1.29, 1.82) is 0 Å². The lowest BCUT2D eigenvalue weighted by Gasteiger charge is -2.20. The largest absolute Gasteiger partial charge is 0.443 e. The van der Waals surface area contributed by atoms with Gasteiger partial charge in [-0.2, -0.15) is 0 Å². The molecule has 0 fully saturated rings. The third-order valence-electron chi connectivity index (χ3n) is 9.67. The first-order valence-electron chi connectivity index (χ1n) is 20.0. The van der Waals surface area contributed by atoms with E-state index in [1.165, 1.54) is 22.9 Å². The molecule has 3 atom stereocenters. The number of fused-ring (bicyclic) bond motifs is 11. The third kappa shape index (κ3) is 11.0. The zero-order valence-corrected chi connectivity index (χ0v) is 38.3. The Morgan fingerprint density at radius 1 is 0.731 bits per heavy atom. The number of thiazole rings is 2. The second-order valence-corrected chi connectivity index (χ2v) is 16.9. The number of aromatic nitrogens is 5. The van der Waals surface area contributed by atoms with Crippen molar-refractivity contribution < 1.29 is 47.2 Å². The van der Waals surface area contributed by atoms with Crippen LogP contribution < -0.4 is 43.0 Å². The van der Waals surface area contributed by atoms with Crippen molar-refractivity contribution in [3.8, 4) is 22.0 Å². The van der Waals surface area contributed by atoms with Crippen LogP contribution in [0.1, 0.15) is 110 Å². The summed E-state index contributed by atoms with van der Waals surface area (Å²) < 4.78 is 11.7. The highest BCUT2D eigenvalue weighted by Crippen LogP contribution is 2.35. The zero-order chi connectivity index (χ0) is 49.0. The number of primary amides is 1. The first-order chi connectivity index (χ1) is 31.6. The summed E-state index contributed by atoms with van der Waals surface area (Å²) in [6.07, 6.45) is 0. The Labute approximate surface area is 388 Å². The highest BCUT2D eigenvalue weighted by molar-refractivity contribution is 7.13. The second-order valence-electron chi connectivity index (χ2n) is 15.1. The first-order valence-corrected chi connectivity index (χ1v) is 21.7. The minimum absolute atomic E-state index is 0.0132. The van der Waals surface area contributed by atoms with Crippen molar-refractivity contribution in [2.45, 2.75) is 66.2 Å². The Balaban J connectivity index is 1.34. The van der Waals surface area contributed by atoms with Gasteiger partial charge in [0, 0.05) is 16.3 Å². The lowest BCUT2D eigenvalue weighted by atomic mass is 10.0. The molecule has 67 heavy (non-hydrogen) atoms. The molecule has 6 rings (SSSR count). The molecule has 0 radical (unpaired) electrons. The van der Waals surface area contributed by atoms with E-state index in [1.807, 2.05) is 0 Å². The third-order valence-corrected chi connectivity index (χ3v) is 11.6. The Hall–Kier alpha value is -8.19. The smallest absolute Gasteiger partial charge is 0.274 e. The van der Waals surface area contributed by atoms with E-state index in [1.54, 1.807) is 41.5 Å². The number of rotatable bonds is 8. The molecular formula is C42H43N13O10S2. The van der Waals surface area contributed by atoms with Gasteiger partial charge < -0.3 is 51.8 Å². The summed E-state index contributed by atoms with van der Waals surface area (Å²) in [6, 6.07) is 0.248. The van der Waals surface area contributed by atoms with E-state index < -0.39 is 88.4 Å². The number of amides is 8. The molecule has 1 aliphatic rings. The van der Waals surface area contributed by atoms with Crippen LogP contribution in [0.5, 0.6) is 0 Å². The Bertz CT molecular complexity index is 2910. The normalized spacial score (nSPS) is 16.6. The number of nitrogens with zero attached hydrogens (tertiary/aromatic N) is 5. The number of oxazole rings is 2. The minimum atomic E-state index is -1.04. The minimum Gasteiger partial charge on any atom is -0.443 e. The van der Waals surface area contributed by atoms with Crippen molar-refractivity contribution in [2.75, 3.05) is 0 Å². The van der Waals surface area contributed by atoms with Crippen LogP contribution in [0.3, 0.4) is 0 Å². The number of aryl methyl sites for hydroxylation is 2. The van der Waals surface area contributed by atoms with Crippen LogP contribution in [-0.2, 0) is 25.7 Å². The fourth-order valence-corrected chi connectivity index (χ4v) is 7.71. The molecule has 0 aliphatic carbocycles. The van der Waals surface area contributed by atoms with E-state index in [0.717, 1.165) is 22.7 Å². The molecule has 8 bridgehead atoms. The van der Waals surface area contributed by atoms with Gasteiger partial charge in [0.15, 0.2) is 5.69 Å². The number of carbonyl (C=O) groups excluding carboxylic acids is 8. The molecular weight excluding hydrogens is 911 g/mol. The molecule has 348 valence electrons. The summed E-state index contributed by atoms with van der Waals surface area (Å²) in [5.74, 6) is -6.31. The monoisotopic (exact) mass is 953 g/mol. The molecule has 1 aliphatic heterocycles. The van der Waals surface area contributed by atoms with Gasteiger partial charge in [-0.25, -0.2) is 24.9 Å². The van der Waals surface area contributed by atoms with Gasteiger partial charge in [-0.15, -0.1) is 22.7 Å². The summed E-state index contributed by atoms with van der Waals surface area (Å²) in [4.78, 5) is 126. The van der Waals surface area contributed by atoms with Gasteiger partial charge in [-0.05, 0) is 45.7 Å². The summed E-state index contributed by atoms with van der Waals surface area (Å²) >= 11 is 2.18. The molecule has 25 heteroatoms. The van der Waals surface area contributed by atoms with E-state index in [9.17, 15) is 38.4 Å². The fourth-order valence-electron chi connectivity index (χ4n) is 6.07. The fraction of sp³-hybridized carbons (Fsp3) is 0.262. The van der Waals surface area contributed by atoms with E-state index in [4.69, 9.17) is 14.6 Å². The summed E-state index contributed by atoms with van der Waals surface area (Å²) in [6.45, 7) is 20.0. The van der Waals surface area contributed by atoms with Crippen LogP contribution in [-0.4, -0.2) is 78.2 Å². The Morgan fingerprint density at radius 2 is 1.34 bits per heavy atom. The molecule has 0 saturated carbocycles. The maximum absolute atomic E-state index is 13.7. The van der Waals surface area contributed by atoms with Crippen LogP contribution in [0.4, 0.5) is 0 Å². The van der Waals surface area contributed by atoms with E-state index in [0.29, 0.717) is 5.01 Å². The van der Waals surface area contributed by atoms with Gasteiger partial charge >= 0.3 is 0 Å². The molecule has 0 aromatic carbocycles. The standard InChI is InChI=1S/C42H43N13O10S2/c1-15(2)28-38(62)44-12-27-53-30(22(9)64-27)39(63)49-20(7)41-51-25(13-66-41)36(60)48-19(6)40-55-29(21(8)65-40)31-23(42-52-26(14-67-42)37(61)54-28)10-11-24(50-31)35(59)47-18(5)34(58)46-17(4)33(57)45-16(3)32(43)56/h10-11,13-15,19-20,28H,3-5,12H2,1-2,6-9H3,(H2,43,56)(H,44,62)(H,45,57)(H,46,58)(H,47,59)(H,48,60)(H,49,63)(H,54,61)/t19-,20-,28-/m0/s1. The second kappa shape index (κ2) is 19.9. The van der Waals surface area contributed by atoms with Crippen LogP contribution in [0.25, 0.3) is 22.0 Å². The van der Waals surface area contributed by atoms with E-state index in [2.05, 4.69) is 81.9 Å². The van der Waals surface area contributed by atoms with Crippen LogP contribution in [0, 0.1) is 19.8 Å². The van der Waals surface area contributed by atoms with Gasteiger partial charge in [0.05, 0.1) is 29.7 Å². The van der Waals surface area contributed by atoms with Gasteiger partial charge in [0.25, 0.3) is 41.4 Å². The van der Waals surface area contributed by atoms with Gasteiger partial charge in [0.2, 0.25) is 17.7 Å². The van der Waals surface area contributed by atoms with Crippen molar-refractivity contribution in [3.05, 3.63) is 111 Å². The predicted molar refractivity (Wildman–Crippen MR) is 239 cm³/mol. The average molecular weight is 954 g/mol. The molecule has 9 N–H and O–H groups in total. The lowest BCUT2D eigenvalue weighted by Crippen LogP contribution is -2.49. The number of hydrogen-bond acceptors (Lipinski definition) is 17. The molecule has 5 aromatic heterocycles. The van der Waals surface area contributed by atoms with Crippen molar-refractivity contribution >= 4 is 69.9 Å². The summed E-state index contributed by atoms with van der Waals surface area (Å²) in [5, 5.41) is 21.2. The number of nitrogens with one attached hydrogen (secondary N) is 7. The molecule has 0 unspecified atom stereocenters. The van der Waals surface area contributed by atoms with Crippen molar-refractivity contribution in [1.82, 2.24) is 62.1 Å². The van der Waals surface area contributed by atoms with Gasteiger partial charge in [0.1, 0.15) is 62.1 Å². The number of carbonyl (C=O) groups is 8. The number of hydrogen-bond donors (Lipinski definition) is 8. The molecule has 0 saturated heterocycles. The average Bonchev–Trinajstić information content (AvgIpc) is 4.11. The SMILES string of the molecule is C=C(NC(=O)C(=C)NC(=O)C(=C)NC(=O)c1ccc2c(n1)-c1nc(oc1C)[C@H](C)NC(=O)c1csc(n1)[C@H](C)NC(=O)c1nc(oc1C)CNC(=O)[C@H](C(C)C)NC(=O)c1csc-2n1)C(N)=O. The molecule has 8 amide bonds. The maximum atomic E-state index is 13.7. The van der Waals surface area contributed by atoms with Crippen LogP contribution >= 0.6 is 22.7 Å². The van der Waals surface area contributed by atoms with Gasteiger partial charge in [-0.1, -0.05) is 33.6 Å². The van der Waals surface area contributed by atoms with Crippen LogP contribution in [0.2, 0.25) is 0 Å². The first kappa shape index (κ1) is 48.3. The quantitative estimate of drug-likeness (QED) is 0.103. The highest BCUT2D eigenvalue weighted by atomic mass is 32.1. The van der Waals surface area contributed by atoms with Crippen molar-refractivity contribution in [3.63, 3.8) is 0 Å². The summed E-state index contributed by atoms with van der Waals surface area (Å²) in [7, 11) is 0.